The van der Waals surface area contributed by atoms with Crippen molar-refractivity contribution in [3.63, 3.8) is 0 Å². The zero-order chi connectivity index (χ0) is 15.4. The average molecular weight is 294 g/mol. The molecular weight excluding hydrogens is 284 g/mol. The quantitative estimate of drug-likeness (QED) is 0.549. The van der Waals surface area contributed by atoms with Crippen molar-refractivity contribution in [1.82, 2.24) is 19.6 Å². The lowest BCUT2D eigenvalue weighted by atomic mass is 10.5. The van der Waals surface area contributed by atoms with Gasteiger partial charge in [0.25, 0.3) is 0 Å². The highest BCUT2D eigenvalue weighted by atomic mass is 16.6. The Kier molecular flexibility index (Phi) is 3.92. The summed E-state index contributed by atoms with van der Waals surface area (Å²) in [5.41, 5.74) is 0.111. The molecule has 1 amide bonds. The predicted octanol–water partition coefficient (Wildman–Crippen LogP) is -0.289. The summed E-state index contributed by atoms with van der Waals surface area (Å²) in [7, 11) is 0. The first-order valence-electron chi connectivity index (χ1n) is 5.65. The first-order chi connectivity index (χ1) is 9.94. The van der Waals surface area contributed by atoms with Crippen molar-refractivity contribution in [3.8, 4) is 0 Å². The minimum absolute atomic E-state index is 0.210. The van der Waals surface area contributed by atoms with E-state index in [1.54, 1.807) is 0 Å². The topological polar surface area (TPSA) is 145 Å². The highest BCUT2D eigenvalue weighted by Gasteiger charge is 2.12. The summed E-state index contributed by atoms with van der Waals surface area (Å²) in [6.07, 6.45) is 4.83. The molecule has 0 saturated carbocycles. The number of rotatable bonds is 6. The smallest absolute Gasteiger partial charge is 0.325 e. The predicted molar refractivity (Wildman–Crippen MR) is 67.4 cm³/mol. The largest absolute Gasteiger partial charge is 0.480 e. The maximum atomic E-state index is 11.7. The van der Waals surface area contributed by atoms with E-state index in [1.807, 2.05) is 0 Å². The van der Waals surface area contributed by atoms with Gasteiger partial charge in [-0.15, -0.1) is 0 Å². The molecule has 0 fully saturated rings. The Morgan fingerprint density at radius 2 is 1.90 bits per heavy atom. The van der Waals surface area contributed by atoms with E-state index < -0.39 is 16.8 Å². The van der Waals surface area contributed by atoms with E-state index >= 15 is 0 Å². The van der Waals surface area contributed by atoms with Crippen LogP contribution in [0.2, 0.25) is 0 Å². The summed E-state index contributed by atoms with van der Waals surface area (Å²) in [6.45, 7) is -0.529. The molecule has 0 spiro atoms. The van der Waals surface area contributed by atoms with Crippen LogP contribution in [-0.4, -0.2) is 41.5 Å². The number of nitrogens with one attached hydrogen (secondary N) is 1. The number of hydrogen-bond donors (Lipinski definition) is 2. The molecule has 0 aliphatic heterocycles. The van der Waals surface area contributed by atoms with Gasteiger partial charge in [0.05, 0.1) is 16.8 Å². The molecule has 21 heavy (non-hydrogen) atoms. The summed E-state index contributed by atoms with van der Waals surface area (Å²) in [5.74, 6) is -1.53. The summed E-state index contributed by atoms with van der Waals surface area (Å²) in [6, 6.07) is 0. The van der Waals surface area contributed by atoms with Crippen LogP contribution in [0.1, 0.15) is 0 Å². The third-order valence-electron chi connectivity index (χ3n) is 2.35. The monoisotopic (exact) mass is 294 g/mol. The van der Waals surface area contributed by atoms with Gasteiger partial charge in [-0.3, -0.25) is 29.1 Å². The molecule has 0 aliphatic rings. The molecule has 2 heterocycles. The summed E-state index contributed by atoms with van der Waals surface area (Å²) >= 11 is 0. The van der Waals surface area contributed by atoms with Crippen LogP contribution in [0.15, 0.2) is 24.8 Å². The summed E-state index contributed by atoms with van der Waals surface area (Å²) in [4.78, 5) is 32.0. The van der Waals surface area contributed by atoms with Crippen LogP contribution in [0.4, 0.5) is 11.4 Å². The van der Waals surface area contributed by atoms with Crippen molar-refractivity contribution in [1.29, 1.82) is 0 Å². The van der Waals surface area contributed by atoms with E-state index in [0.717, 1.165) is 21.8 Å². The molecule has 0 aliphatic carbocycles. The number of aliphatic carboxylic acids is 1. The second kappa shape index (κ2) is 5.81. The van der Waals surface area contributed by atoms with Crippen molar-refractivity contribution < 1.29 is 19.6 Å². The number of carbonyl (C=O) groups excluding carboxylic acids is 1. The van der Waals surface area contributed by atoms with Crippen LogP contribution in [0, 0.1) is 10.1 Å². The van der Waals surface area contributed by atoms with Gasteiger partial charge in [0.15, 0.2) is 0 Å². The Morgan fingerprint density at radius 3 is 2.52 bits per heavy atom. The number of aromatic nitrogens is 4. The van der Waals surface area contributed by atoms with Crippen LogP contribution in [0.25, 0.3) is 0 Å². The molecule has 0 atom stereocenters. The lowest BCUT2D eigenvalue weighted by molar-refractivity contribution is -0.385. The van der Waals surface area contributed by atoms with Gasteiger partial charge in [0.2, 0.25) is 5.91 Å². The van der Waals surface area contributed by atoms with Gasteiger partial charge in [-0.1, -0.05) is 0 Å². The second-order valence-electron chi connectivity index (χ2n) is 4.02. The molecule has 0 aromatic carbocycles. The zero-order valence-corrected chi connectivity index (χ0v) is 10.5. The lowest BCUT2D eigenvalue weighted by Crippen LogP contribution is -2.18. The van der Waals surface area contributed by atoms with Crippen LogP contribution in [-0.2, 0) is 22.7 Å². The third kappa shape index (κ3) is 3.86. The average Bonchev–Trinajstić information content (AvgIpc) is 2.98. The Morgan fingerprint density at radius 1 is 1.24 bits per heavy atom. The van der Waals surface area contributed by atoms with Gasteiger partial charge in [-0.05, 0) is 0 Å². The Labute approximate surface area is 116 Å². The van der Waals surface area contributed by atoms with E-state index in [4.69, 9.17) is 5.11 Å². The number of hydrogen-bond acceptors (Lipinski definition) is 6. The molecule has 110 valence electrons. The first-order valence-corrected chi connectivity index (χ1v) is 5.65. The maximum absolute atomic E-state index is 11.7. The number of carboxylic acid groups (broad SMARTS) is 1. The molecule has 0 radical (unpaired) electrons. The molecule has 2 N–H and O–H groups in total. The fourth-order valence-corrected chi connectivity index (χ4v) is 1.53. The molecule has 2 aromatic rings. The minimum atomic E-state index is -1.06. The van der Waals surface area contributed by atoms with Gasteiger partial charge in [-0.25, -0.2) is 0 Å². The molecular formula is C10H10N6O5. The fourth-order valence-electron chi connectivity index (χ4n) is 1.53. The van der Waals surface area contributed by atoms with Crippen LogP contribution in [0.5, 0.6) is 0 Å². The SMILES string of the molecule is O=C(O)Cn1cc(NC(=O)Cn2cc([N+](=O)[O-])cn2)cn1. The van der Waals surface area contributed by atoms with E-state index in [-0.39, 0.29) is 18.8 Å². The summed E-state index contributed by atoms with van der Waals surface area (Å²) in [5, 5.41) is 29.0. The van der Waals surface area contributed by atoms with Gasteiger partial charge < -0.3 is 10.4 Å². The third-order valence-corrected chi connectivity index (χ3v) is 2.35. The lowest BCUT2D eigenvalue weighted by Gasteiger charge is -2.01. The van der Waals surface area contributed by atoms with Crippen LogP contribution >= 0.6 is 0 Å². The number of carboxylic acids is 1. The zero-order valence-electron chi connectivity index (χ0n) is 10.5. The minimum Gasteiger partial charge on any atom is -0.480 e. The van der Waals surface area contributed by atoms with Crippen LogP contribution < -0.4 is 5.32 Å². The van der Waals surface area contributed by atoms with Crippen molar-refractivity contribution in [2.75, 3.05) is 5.32 Å². The van der Waals surface area contributed by atoms with E-state index in [0.29, 0.717) is 5.69 Å². The molecule has 0 unspecified atom stereocenters. The second-order valence-corrected chi connectivity index (χ2v) is 4.02. The van der Waals surface area contributed by atoms with Gasteiger partial charge >= 0.3 is 11.7 Å². The Hall–Kier alpha value is -3.24. The molecule has 0 bridgehead atoms. The molecule has 2 rings (SSSR count). The van der Waals surface area contributed by atoms with E-state index in [9.17, 15) is 19.7 Å². The molecule has 2 aromatic heterocycles. The molecule has 11 nitrogen and oxygen atoms in total. The van der Waals surface area contributed by atoms with Gasteiger partial charge in [0, 0.05) is 6.20 Å². The van der Waals surface area contributed by atoms with Crippen LogP contribution in [0.3, 0.4) is 0 Å². The normalized spacial score (nSPS) is 10.3. The Balaban J connectivity index is 1.93. The maximum Gasteiger partial charge on any atom is 0.325 e. The van der Waals surface area contributed by atoms with Gasteiger partial charge in [-0.2, -0.15) is 10.2 Å². The number of carbonyl (C=O) groups is 2. The molecule has 0 saturated heterocycles. The number of amides is 1. The number of nitrogens with zero attached hydrogens (tertiary/aromatic N) is 5. The molecule has 11 heteroatoms. The van der Waals surface area contributed by atoms with Crippen molar-refractivity contribution in [2.24, 2.45) is 0 Å². The highest BCUT2D eigenvalue weighted by molar-refractivity contribution is 5.90. The van der Waals surface area contributed by atoms with E-state index in [1.165, 1.54) is 12.4 Å². The Bertz CT molecular complexity index is 690. The fraction of sp³-hybridized carbons (Fsp3) is 0.200. The van der Waals surface area contributed by atoms with E-state index in [2.05, 4.69) is 15.5 Å². The number of anilines is 1. The van der Waals surface area contributed by atoms with Crippen molar-refractivity contribution in [3.05, 3.63) is 34.9 Å². The standard InChI is InChI=1S/C10H10N6O5/c17-9(5-15-4-8(2-12-15)16(20)21)13-7-1-11-14(3-7)6-10(18)19/h1-4H,5-6H2,(H,13,17)(H,18,19). The van der Waals surface area contributed by atoms with Gasteiger partial charge in [0.1, 0.15) is 25.5 Å². The summed E-state index contributed by atoms with van der Waals surface area (Å²) < 4.78 is 2.27. The van der Waals surface area contributed by atoms with Crippen molar-refractivity contribution >= 4 is 23.3 Å². The van der Waals surface area contributed by atoms with Crippen molar-refractivity contribution in [2.45, 2.75) is 13.1 Å². The highest BCUT2D eigenvalue weighted by Crippen LogP contribution is 2.08. The first kappa shape index (κ1) is 14.2. The number of nitro groups is 1.